The maximum Gasteiger partial charge on any atom is 0.175 e. The molecule has 0 fully saturated rings. The van der Waals surface area contributed by atoms with Gasteiger partial charge in [-0.25, -0.2) is 4.98 Å². The van der Waals surface area contributed by atoms with Gasteiger partial charge in [-0.1, -0.05) is 0 Å². The molecule has 3 heteroatoms. The van der Waals surface area contributed by atoms with Crippen LogP contribution in [0, 0.1) is 6.92 Å². The molecule has 11 heavy (non-hydrogen) atoms. The summed E-state index contributed by atoms with van der Waals surface area (Å²) >= 11 is 0. The lowest BCUT2D eigenvalue weighted by atomic mass is 10.2. The zero-order valence-electron chi connectivity index (χ0n) is 6.15. The molecule has 0 aliphatic carbocycles. The van der Waals surface area contributed by atoms with Crippen molar-refractivity contribution in [1.82, 2.24) is 9.71 Å². The Labute approximate surface area is 63.9 Å². The summed E-state index contributed by atoms with van der Waals surface area (Å²) in [5.41, 5.74) is 1.65. The van der Waals surface area contributed by atoms with Crippen LogP contribution in [0.15, 0.2) is 24.5 Å². The summed E-state index contributed by atoms with van der Waals surface area (Å²) in [6, 6.07) is 3.79. The molecule has 0 aliphatic heterocycles. The second-order valence-corrected chi connectivity index (χ2v) is 2.53. The fraction of sp³-hybridized carbons (Fsp3) is 0.125. The van der Waals surface area contributed by atoms with Crippen LogP contribution in [0.2, 0.25) is 0 Å². The van der Waals surface area contributed by atoms with Gasteiger partial charge in [-0.05, 0) is 24.6 Å². The Hall–Kier alpha value is -1.51. The second-order valence-electron chi connectivity index (χ2n) is 2.53. The minimum atomic E-state index is 0.616. The quantitative estimate of drug-likeness (QED) is 0.576. The topological polar surface area (TPSA) is 38.0 Å². The van der Waals surface area contributed by atoms with E-state index in [1.165, 1.54) is 0 Å². The monoisotopic (exact) mass is 148 g/mol. The summed E-state index contributed by atoms with van der Waals surface area (Å²) in [6.07, 6.45) is 3.31. The lowest BCUT2D eigenvalue weighted by molar-refractivity contribution is 0.198. The number of nitrogens with zero attached hydrogens (tertiary/aromatic N) is 2. The van der Waals surface area contributed by atoms with Gasteiger partial charge in [0.15, 0.2) is 5.65 Å². The first-order valence-electron chi connectivity index (χ1n) is 3.41. The maximum atomic E-state index is 9.25. The van der Waals surface area contributed by atoms with E-state index in [1.807, 2.05) is 19.1 Å². The van der Waals surface area contributed by atoms with Gasteiger partial charge in [-0.15, -0.1) is 0 Å². The molecule has 2 aromatic heterocycles. The Balaban J connectivity index is 2.95. The Kier molecular flexibility index (Phi) is 1.12. The van der Waals surface area contributed by atoms with E-state index in [1.54, 1.807) is 12.4 Å². The highest BCUT2D eigenvalue weighted by Crippen LogP contribution is 2.15. The molecule has 0 saturated carbocycles. The molecular weight excluding hydrogens is 140 g/mol. The van der Waals surface area contributed by atoms with E-state index in [-0.39, 0.29) is 0 Å². The number of aryl methyl sites for hydroxylation is 1. The van der Waals surface area contributed by atoms with Crippen molar-refractivity contribution in [3.63, 3.8) is 0 Å². The molecule has 0 saturated heterocycles. The number of rotatable bonds is 0. The van der Waals surface area contributed by atoms with Gasteiger partial charge in [0.05, 0.1) is 0 Å². The fourth-order valence-electron chi connectivity index (χ4n) is 1.20. The normalized spacial score (nSPS) is 10.6. The molecule has 0 aliphatic rings. The zero-order chi connectivity index (χ0) is 7.84. The first kappa shape index (κ1) is 6.22. The molecule has 2 rings (SSSR count). The van der Waals surface area contributed by atoms with E-state index in [0.29, 0.717) is 5.65 Å². The van der Waals surface area contributed by atoms with E-state index in [2.05, 4.69) is 4.98 Å². The Morgan fingerprint density at radius 3 is 3.09 bits per heavy atom. The molecule has 0 amide bonds. The van der Waals surface area contributed by atoms with Crippen LogP contribution in [-0.4, -0.2) is 14.9 Å². The highest BCUT2D eigenvalue weighted by molar-refractivity contribution is 5.79. The highest BCUT2D eigenvalue weighted by Gasteiger charge is 2.02. The van der Waals surface area contributed by atoms with Crippen molar-refractivity contribution < 1.29 is 5.21 Å². The van der Waals surface area contributed by atoms with Crippen molar-refractivity contribution in [1.29, 1.82) is 0 Å². The van der Waals surface area contributed by atoms with Crippen LogP contribution >= 0.6 is 0 Å². The molecule has 0 atom stereocenters. The number of fused-ring (bicyclic) bond motifs is 1. The number of hydrogen-bond acceptors (Lipinski definition) is 2. The van der Waals surface area contributed by atoms with Crippen LogP contribution in [0.3, 0.4) is 0 Å². The summed E-state index contributed by atoms with van der Waals surface area (Å²) < 4.78 is 1.05. The number of aromatic nitrogens is 2. The van der Waals surface area contributed by atoms with Crippen molar-refractivity contribution in [2.45, 2.75) is 6.92 Å². The summed E-state index contributed by atoms with van der Waals surface area (Å²) in [4.78, 5) is 4.01. The van der Waals surface area contributed by atoms with Gasteiger partial charge >= 0.3 is 0 Å². The fourth-order valence-corrected chi connectivity index (χ4v) is 1.20. The molecule has 2 aromatic rings. The number of hydrogen-bond donors (Lipinski definition) is 1. The molecule has 0 spiro atoms. The molecule has 0 aromatic carbocycles. The van der Waals surface area contributed by atoms with Crippen LogP contribution in [0.5, 0.6) is 0 Å². The Morgan fingerprint density at radius 2 is 2.36 bits per heavy atom. The zero-order valence-corrected chi connectivity index (χ0v) is 6.15. The van der Waals surface area contributed by atoms with E-state index >= 15 is 0 Å². The lowest BCUT2D eigenvalue weighted by Crippen LogP contribution is -1.87. The minimum absolute atomic E-state index is 0.616. The van der Waals surface area contributed by atoms with Crippen LogP contribution < -0.4 is 0 Å². The lowest BCUT2D eigenvalue weighted by Gasteiger charge is -1.90. The van der Waals surface area contributed by atoms with Gasteiger partial charge in [0.1, 0.15) is 0 Å². The molecule has 0 bridgehead atoms. The van der Waals surface area contributed by atoms with Gasteiger partial charge < -0.3 is 5.21 Å². The predicted molar refractivity (Wildman–Crippen MR) is 41.7 cm³/mol. The molecule has 56 valence electrons. The van der Waals surface area contributed by atoms with Gasteiger partial charge in [-0.3, -0.25) is 0 Å². The first-order chi connectivity index (χ1) is 5.29. The van der Waals surface area contributed by atoms with Crippen LogP contribution in [0.25, 0.3) is 11.0 Å². The van der Waals surface area contributed by atoms with Crippen LogP contribution in [-0.2, 0) is 0 Å². The molecule has 1 N–H and O–H groups in total. The second kappa shape index (κ2) is 1.99. The third-order valence-corrected chi connectivity index (χ3v) is 1.74. The van der Waals surface area contributed by atoms with Crippen molar-refractivity contribution in [3.8, 4) is 0 Å². The van der Waals surface area contributed by atoms with Crippen molar-refractivity contribution in [2.24, 2.45) is 0 Å². The Bertz CT molecular complexity index is 356. The van der Waals surface area contributed by atoms with Gasteiger partial charge in [0.2, 0.25) is 0 Å². The summed E-state index contributed by atoms with van der Waals surface area (Å²) in [5, 5.41) is 10.2. The van der Waals surface area contributed by atoms with E-state index in [0.717, 1.165) is 15.7 Å². The van der Waals surface area contributed by atoms with Crippen molar-refractivity contribution in [2.75, 3.05) is 0 Å². The SMILES string of the molecule is Cc1cn(O)c2ncccc12. The third-order valence-electron chi connectivity index (χ3n) is 1.74. The molecule has 0 unspecified atom stereocenters. The van der Waals surface area contributed by atoms with E-state index in [9.17, 15) is 5.21 Å². The average molecular weight is 148 g/mol. The molecule has 3 nitrogen and oxygen atoms in total. The standard InChI is InChI=1S/C8H8N2O/c1-6-5-10(11)8-7(6)3-2-4-9-8/h2-5,11H,1H3. The maximum absolute atomic E-state index is 9.25. The third kappa shape index (κ3) is 0.774. The van der Waals surface area contributed by atoms with Crippen LogP contribution in [0.1, 0.15) is 5.56 Å². The first-order valence-corrected chi connectivity index (χ1v) is 3.41. The van der Waals surface area contributed by atoms with Crippen molar-refractivity contribution in [3.05, 3.63) is 30.1 Å². The summed E-state index contributed by atoms with van der Waals surface area (Å²) in [7, 11) is 0. The summed E-state index contributed by atoms with van der Waals surface area (Å²) in [5.74, 6) is 0. The van der Waals surface area contributed by atoms with Gasteiger partial charge in [0, 0.05) is 17.8 Å². The molecule has 0 radical (unpaired) electrons. The molecular formula is C8H8N2O. The van der Waals surface area contributed by atoms with Crippen molar-refractivity contribution >= 4 is 11.0 Å². The minimum Gasteiger partial charge on any atom is -0.427 e. The van der Waals surface area contributed by atoms with Gasteiger partial charge in [0.25, 0.3) is 0 Å². The van der Waals surface area contributed by atoms with E-state index < -0.39 is 0 Å². The van der Waals surface area contributed by atoms with Crippen LogP contribution in [0.4, 0.5) is 0 Å². The molecule has 2 heterocycles. The largest absolute Gasteiger partial charge is 0.427 e. The highest BCUT2D eigenvalue weighted by atomic mass is 16.5. The van der Waals surface area contributed by atoms with E-state index in [4.69, 9.17) is 0 Å². The van der Waals surface area contributed by atoms with Gasteiger partial charge in [-0.2, -0.15) is 4.73 Å². The average Bonchev–Trinajstić information content (AvgIpc) is 2.30. The Morgan fingerprint density at radius 1 is 1.55 bits per heavy atom. The summed E-state index contributed by atoms with van der Waals surface area (Å²) in [6.45, 7) is 1.94. The smallest absolute Gasteiger partial charge is 0.175 e. The number of pyridine rings is 1. The predicted octanol–water partition coefficient (Wildman–Crippen LogP) is 1.58.